The van der Waals surface area contributed by atoms with Crippen molar-refractivity contribution < 1.29 is 28.8 Å². The van der Waals surface area contributed by atoms with E-state index in [4.69, 9.17) is 18.6 Å². The van der Waals surface area contributed by atoms with Crippen LogP contribution in [0.4, 0.5) is 0 Å². The van der Waals surface area contributed by atoms with E-state index in [1.54, 1.807) is 0 Å². The lowest BCUT2D eigenvalue weighted by atomic mass is 10.1. The van der Waals surface area contributed by atoms with Gasteiger partial charge >= 0.3 is 0 Å². The monoisotopic (exact) mass is 334 g/mol. The van der Waals surface area contributed by atoms with Gasteiger partial charge in [0.1, 0.15) is 24.4 Å². The third kappa shape index (κ3) is 3.56. The van der Waals surface area contributed by atoms with E-state index in [1.807, 2.05) is 13.8 Å². The van der Waals surface area contributed by atoms with Crippen molar-refractivity contribution in [3.05, 3.63) is 0 Å². The molecular formula is C15H30O6Si. The summed E-state index contributed by atoms with van der Waals surface area (Å²) >= 11 is 0. The van der Waals surface area contributed by atoms with Crippen LogP contribution in [0.3, 0.4) is 0 Å². The van der Waals surface area contributed by atoms with E-state index in [-0.39, 0.29) is 11.1 Å². The van der Waals surface area contributed by atoms with Crippen molar-refractivity contribution in [3.8, 4) is 0 Å². The van der Waals surface area contributed by atoms with Gasteiger partial charge in [0.2, 0.25) is 0 Å². The maximum absolute atomic E-state index is 10.3. The summed E-state index contributed by atoms with van der Waals surface area (Å²) in [4.78, 5) is 0. The first-order chi connectivity index (χ1) is 9.84. The average molecular weight is 334 g/mol. The topological polar surface area (TPSA) is 77.4 Å². The summed E-state index contributed by atoms with van der Waals surface area (Å²) in [5.41, 5.74) is 0. The highest BCUT2D eigenvalue weighted by molar-refractivity contribution is 6.74. The quantitative estimate of drug-likeness (QED) is 0.764. The molecule has 0 unspecified atom stereocenters. The number of rotatable bonds is 3. The zero-order valence-electron chi connectivity index (χ0n) is 14.6. The highest BCUT2D eigenvalue weighted by Gasteiger charge is 2.54. The van der Waals surface area contributed by atoms with E-state index in [9.17, 15) is 10.2 Å². The van der Waals surface area contributed by atoms with Crippen LogP contribution in [0.1, 0.15) is 34.6 Å². The van der Waals surface area contributed by atoms with Gasteiger partial charge in [-0.15, -0.1) is 0 Å². The lowest BCUT2D eigenvalue weighted by Crippen LogP contribution is -2.51. The molecule has 2 aliphatic rings. The van der Waals surface area contributed by atoms with Crippen LogP contribution in [0.25, 0.3) is 0 Å². The predicted molar refractivity (Wildman–Crippen MR) is 83.9 cm³/mol. The average Bonchev–Trinajstić information content (AvgIpc) is 2.82. The number of hydrogen-bond acceptors (Lipinski definition) is 6. The van der Waals surface area contributed by atoms with Crippen molar-refractivity contribution in [2.75, 3.05) is 6.61 Å². The maximum Gasteiger partial charge on any atom is 0.192 e. The molecule has 22 heavy (non-hydrogen) atoms. The molecule has 0 saturated carbocycles. The summed E-state index contributed by atoms with van der Waals surface area (Å²) in [6, 6.07) is 0. The molecule has 2 fully saturated rings. The minimum absolute atomic E-state index is 0.00286. The van der Waals surface area contributed by atoms with Crippen LogP contribution in [0.2, 0.25) is 18.1 Å². The van der Waals surface area contributed by atoms with Crippen LogP contribution in [0, 0.1) is 0 Å². The van der Waals surface area contributed by atoms with E-state index in [2.05, 4.69) is 33.9 Å². The maximum atomic E-state index is 10.3. The molecule has 0 aromatic heterocycles. The van der Waals surface area contributed by atoms with Gasteiger partial charge in [-0.1, -0.05) is 20.8 Å². The number of aliphatic hydroxyl groups excluding tert-OH is 2. The SMILES string of the molecule is CC1(C)OC[C@H]([C@H]2O[C@H](O)[C@H](O)[C@H]2O[Si](C)(C)C(C)(C)C)O1. The molecule has 2 heterocycles. The Bertz CT molecular complexity index is 405. The van der Waals surface area contributed by atoms with E-state index < -0.39 is 38.7 Å². The number of ether oxygens (including phenoxy) is 3. The first-order valence-corrected chi connectivity index (χ1v) is 10.8. The van der Waals surface area contributed by atoms with Gasteiger partial charge in [0.05, 0.1) is 6.61 Å². The zero-order valence-corrected chi connectivity index (χ0v) is 15.6. The third-order valence-corrected chi connectivity index (χ3v) is 9.36. The smallest absolute Gasteiger partial charge is 0.192 e. The second-order valence-electron chi connectivity index (χ2n) is 8.19. The molecule has 0 amide bonds. The molecule has 6 nitrogen and oxygen atoms in total. The molecule has 2 aliphatic heterocycles. The van der Waals surface area contributed by atoms with Crippen LogP contribution in [-0.2, 0) is 18.6 Å². The van der Waals surface area contributed by atoms with Crippen molar-refractivity contribution in [1.82, 2.24) is 0 Å². The molecule has 7 heteroatoms. The van der Waals surface area contributed by atoms with Crippen molar-refractivity contribution in [2.45, 2.75) is 89.2 Å². The first-order valence-electron chi connectivity index (χ1n) is 7.85. The Kier molecular flexibility index (Phi) is 4.83. The lowest BCUT2D eigenvalue weighted by molar-refractivity contribution is -0.177. The van der Waals surface area contributed by atoms with Crippen LogP contribution in [0.15, 0.2) is 0 Å². The second kappa shape index (κ2) is 5.80. The van der Waals surface area contributed by atoms with Gasteiger partial charge in [0.15, 0.2) is 20.4 Å². The third-order valence-electron chi connectivity index (χ3n) is 4.88. The fourth-order valence-electron chi connectivity index (χ4n) is 2.51. The molecule has 0 aromatic carbocycles. The Morgan fingerprint density at radius 2 is 1.77 bits per heavy atom. The Morgan fingerprint density at radius 1 is 1.18 bits per heavy atom. The molecule has 130 valence electrons. The summed E-state index contributed by atoms with van der Waals surface area (Å²) < 4.78 is 23.2. The number of aliphatic hydroxyl groups is 2. The first kappa shape index (κ1) is 18.3. The molecule has 0 spiro atoms. The highest BCUT2D eigenvalue weighted by Crippen LogP contribution is 2.41. The van der Waals surface area contributed by atoms with Gasteiger partial charge in [-0.3, -0.25) is 0 Å². The van der Waals surface area contributed by atoms with Crippen molar-refractivity contribution in [3.63, 3.8) is 0 Å². The van der Waals surface area contributed by atoms with Crippen molar-refractivity contribution in [2.24, 2.45) is 0 Å². The molecule has 0 aliphatic carbocycles. The molecule has 2 rings (SSSR count). The van der Waals surface area contributed by atoms with Crippen molar-refractivity contribution in [1.29, 1.82) is 0 Å². The normalized spacial score (nSPS) is 39.4. The molecule has 2 saturated heterocycles. The second-order valence-corrected chi connectivity index (χ2v) is 12.9. The largest absolute Gasteiger partial charge is 0.408 e. The van der Waals surface area contributed by atoms with Crippen LogP contribution >= 0.6 is 0 Å². The molecule has 0 radical (unpaired) electrons. The summed E-state index contributed by atoms with van der Waals surface area (Å²) in [5.74, 6) is -0.686. The number of hydrogen-bond donors (Lipinski definition) is 2. The minimum atomic E-state index is -2.12. The van der Waals surface area contributed by atoms with Crippen LogP contribution in [0.5, 0.6) is 0 Å². The van der Waals surface area contributed by atoms with Crippen LogP contribution < -0.4 is 0 Å². The summed E-state index contributed by atoms with van der Waals surface area (Å²) in [7, 11) is -2.12. The Hall–Kier alpha value is -0.0231. The molecular weight excluding hydrogens is 304 g/mol. The Balaban J connectivity index is 2.16. The highest BCUT2D eigenvalue weighted by atomic mass is 28.4. The standard InChI is InChI=1S/C15H30O6Si/c1-14(2,3)22(6,7)21-12-10(16)13(17)19-11(12)9-8-18-15(4,5)20-9/h9-13,16-17H,8H2,1-7H3/t9-,10-,11-,12-,13+/m1/s1. The summed E-state index contributed by atoms with van der Waals surface area (Å²) in [6.07, 6.45) is -3.85. The zero-order chi connectivity index (χ0) is 16.9. The van der Waals surface area contributed by atoms with Gasteiger partial charge in [0.25, 0.3) is 0 Å². The lowest BCUT2D eigenvalue weighted by Gasteiger charge is -2.40. The van der Waals surface area contributed by atoms with Gasteiger partial charge in [-0.05, 0) is 32.0 Å². The Labute approximate surface area is 133 Å². The fraction of sp³-hybridized carbons (Fsp3) is 1.00. The Morgan fingerprint density at radius 3 is 2.23 bits per heavy atom. The summed E-state index contributed by atoms with van der Waals surface area (Å²) in [5, 5.41) is 20.2. The van der Waals surface area contributed by atoms with Crippen molar-refractivity contribution >= 4 is 8.32 Å². The van der Waals surface area contributed by atoms with E-state index in [0.717, 1.165) is 0 Å². The predicted octanol–water partition coefficient (Wildman–Crippen LogP) is 1.61. The molecule has 5 atom stereocenters. The van der Waals surface area contributed by atoms with E-state index >= 15 is 0 Å². The molecule has 0 bridgehead atoms. The van der Waals surface area contributed by atoms with Crippen LogP contribution in [-0.4, -0.2) is 61.6 Å². The van der Waals surface area contributed by atoms with E-state index in [1.165, 1.54) is 0 Å². The summed E-state index contributed by atoms with van der Waals surface area (Å²) in [6.45, 7) is 14.6. The van der Waals surface area contributed by atoms with Gasteiger partial charge in [-0.2, -0.15) is 0 Å². The van der Waals surface area contributed by atoms with Gasteiger partial charge < -0.3 is 28.8 Å². The van der Waals surface area contributed by atoms with Gasteiger partial charge in [0, 0.05) is 0 Å². The van der Waals surface area contributed by atoms with Gasteiger partial charge in [-0.25, -0.2) is 0 Å². The minimum Gasteiger partial charge on any atom is -0.408 e. The molecule has 2 N–H and O–H groups in total. The fourth-order valence-corrected chi connectivity index (χ4v) is 3.81. The molecule has 0 aromatic rings. The van der Waals surface area contributed by atoms with E-state index in [0.29, 0.717) is 6.61 Å².